The highest BCUT2D eigenvalue weighted by Crippen LogP contribution is 2.27. The third-order valence-corrected chi connectivity index (χ3v) is 6.53. The number of nitrogens with zero attached hydrogens (tertiary/aromatic N) is 2. The average molecular weight is 429 g/mol. The fraction of sp³-hybridized carbons (Fsp3) is 0.312. The van der Waals surface area contributed by atoms with Crippen molar-refractivity contribution in [3.63, 3.8) is 0 Å². The lowest BCUT2D eigenvalue weighted by molar-refractivity contribution is -0.150. The molecule has 0 aliphatic carbocycles. The number of carbonyl (C=O) groups is 2. The molecule has 1 saturated heterocycles. The highest BCUT2D eigenvalue weighted by atomic mass is 32.2. The van der Waals surface area contributed by atoms with Crippen LogP contribution in [-0.2, 0) is 24.3 Å². The Morgan fingerprint density at radius 3 is 2.71 bits per heavy atom. The number of β-amino-alcohol motifs (C(OH)–C–C–N with tert-alkyl or cyclic N) is 1. The molecule has 1 aromatic carbocycles. The zero-order chi connectivity index (χ0) is 20.3. The van der Waals surface area contributed by atoms with Crippen LogP contribution in [0.3, 0.4) is 0 Å². The third-order valence-electron chi connectivity index (χ3n) is 3.95. The molecule has 2 heterocycles. The molecular weight excluding hydrogens is 413 g/mol. The van der Waals surface area contributed by atoms with E-state index in [0.29, 0.717) is 5.13 Å². The molecule has 0 unspecified atom stereocenters. The number of aromatic nitrogens is 1. The molecule has 150 valence electrons. The minimum atomic E-state index is -4.17. The molecule has 2 atom stereocenters. The number of aliphatic hydroxyl groups is 1. The molecule has 0 saturated carbocycles. The average Bonchev–Trinajstić information content (AvgIpc) is 3.30. The summed E-state index contributed by atoms with van der Waals surface area (Å²) in [4.78, 5) is 27.8. The maximum atomic E-state index is 13.1. The van der Waals surface area contributed by atoms with Crippen molar-refractivity contribution in [2.75, 3.05) is 18.5 Å². The molecule has 1 aliphatic heterocycles. The van der Waals surface area contributed by atoms with Gasteiger partial charge < -0.3 is 9.84 Å². The number of hydrogen-bond donors (Lipinski definition) is 2. The first kappa shape index (κ1) is 20.3. The molecule has 1 fully saturated rings. The molecule has 0 radical (unpaired) electrons. The lowest BCUT2D eigenvalue weighted by Gasteiger charge is -2.22. The van der Waals surface area contributed by atoms with Crippen LogP contribution >= 0.6 is 11.3 Å². The van der Waals surface area contributed by atoms with Crippen LogP contribution in [0, 0.1) is 5.82 Å². The van der Waals surface area contributed by atoms with Crippen molar-refractivity contribution < 1.29 is 32.2 Å². The van der Waals surface area contributed by atoms with Crippen molar-refractivity contribution in [2.24, 2.45) is 0 Å². The lowest BCUT2D eigenvalue weighted by atomic mass is 10.2. The van der Waals surface area contributed by atoms with Crippen LogP contribution in [0.4, 0.5) is 9.52 Å². The summed E-state index contributed by atoms with van der Waals surface area (Å²) in [7, 11) is -4.17. The van der Waals surface area contributed by atoms with Crippen molar-refractivity contribution in [1.29, 1.82) is 0 Å². The molecular formula is C16H16FN3O6S2. The number of rotatable bonds is 6. The van der Waals surface area contributed by atoms with E-state index in [2.05, 4.69) is 10.3 Å². The summed E-state index contributed by atoms with van der Waals surface area (Å²) in [5, 5.41) is 14.3. The molecule has 28 heavy (non-hydrogen) atoms. The quantitative estimate of drug-likeness (QED) is 0.644. The van der Waals surface area contributed by atoms with Gasteiger partial charge in [0.2, 0.25) is 10.0 Å². The van der Waals surface area contributed by atoms with Crippen LogP contribution in [0.2, 0.25) is 0 Å². The van der Waals surface area contributed by atoms with Gasteiger partial charge >= 0.3 is 5.97 Å². The van der Waals surface area contributed by atoms with Crippen LogP contribution in [0.1, 0.15) is 6.42 Å². The number of carbonyl (C=O) groups excluding carboxylic acids is 2. The van der Waals surface area contributed by atoms with E-state index in [4.69, 9.17) is 4.74 Å². The zero-order valence-corrected chi connectivity index (χ0v) is 16.0. The Kier molecular flexibility index (Phi) is 6.03. The summed E-state index contributed by atoms with van der Waals surface area (Å²) in [5.74, 6) is -2.20. The zero-order valence-electron chi connectivity index (χ0n) is 14.3. The van der Waals surface area contributed by atoms with Crippen molar-refractivity contribution in [3.8, 4) is 0 Å². The largest absolute Gasteiger partial charge is 0.454 e. The molecule has 1 amide bonds. The number of thiazole rings is 1. The molecule has 0 bridgehead atoms. The second kappa shape index (κ2) is 8.31. The van der Waals surface area contributed by atoms with Gasteiger partial charge in [0.05, 0.1) is 11.0 Å². The SMILES string of the molecule is O=C(COC(=O)[C@@H]1C[C@H](O)CN1S(=O)(=O)c1ccc(F)cc1)Nc1nccs1. The van der Waals surface area contributed by atoms with Crippen LogP contribution < -0.4 is 5.32 Å². The monoisotopic (exact) mass is 429 g/mol. The summed E-state index contributed by atoms with van der Waals surface area (Å²) in [5.41, 5.74) is 0. The summed E-state index contributed by atoms with van der Waals surface area (Å²) < 4.78 is 44.3. The van der Waals surface area contributed by atoms with E-state index in [-0.39, 0.29) is 17.9 Å². The smallest absolute Gasteiger partial charge is 0.325 e. The first-order valence-electron chi connectivity index (χ1n) is 8.09. The fourth-order valence-corrected chi connectivity index (χ4v) is 4.85. The third kappa shape index (κ3) is 4.52. The summed E-state index contributed by atoms with van der Waals surface area (Å²) in [6.07, 6.45) is 0.245. The standard InChI is InChI=1S/C16H16FN3O6S2/c17-10-1-3-12(4-2-10)28(24,25)20-8-11(21)7-13(20)15(23)26-9-14(22)19-16-18-5-6-27-16/h1-6,11,13,21H,7-9H2,(H,18,19,22)/t11-,13-/m0/s1. The van der Waals surface area contributed by atoms with E-state index in [1.54, 1.807) is 5.38 Å². The predicted molar refractivity (Wildman–Crippen MR) is 96.4 cm³/mol. The van der Waals surface area contributed by atoms with E-state index in [9.17, 15) is 27.5 Å². The summed E-state index contributed by atoms with van der Waals surface area (Å²) in [6.45, 7) is -0.944. The van der Waals surface area contributed by atoms with Gasteiger partial charge in [0, 0.05) is 24.5 Å². The Bertz CT molecular complexity index is 949. The van der Waals surface area contributed by atoms with Crippen LogP contribution in [0.25, 0.3) is 0 Å². The molecule has 2 N–H and O–H groups in total. The first-order chi connectivity index (χ1) is 13.3. The maximum absolute atomic E-state index is 13.1. The number of benzene rings is 1. The maximum Gasteiger partial charge on any atom is 0.325 e. The number of hydrogen-bond acceptors (Lipinski definition) is 8. The Balaban J connectivity index is 1.68. The number of anilines is 1. The van der Waals surface area contributed by atoms with E-state index >= 15 is 0 Å². The molecule has 2 aromatic rings. The van der Waals surface area contributed by atoms with Crippen molar-refractivity contribution in [3.05, 3.63) is 41.7 Å². The first-order valence-corrected chi connectivity index (χ1v) is 10.4. The van der Waals surface area contributed by atoms with Gasteiger partial charge in [-0.3, -0.25) is 14.9 Å². The molecule has 1 aliphatic rings. The van der Waals surface area contributed by atoms with Gasteiger partial charge in [0.1, 0.15) is 11.9 Å². The summed E-state index contributed by atoms with van der Waals surface area (Å²) >= 11 is 1.18. The van der Waals surface area contributed by atoms with Gasteiger partial charge in [-0.1, -0.05) is 0 Å². The van der Waals surface area contributed by atoms with Crippen LogP contribution in [0.5, 0.6) is 0 Å². The topological polar surface area (TPSA) is 126 Å². The van der Waals surface area contributed by atoms with Crippen molar-refractivity contribution in [2.45, 2.75) is 23.5 Å². The van der Waals surface area contributed by atoms with E-state index in [1.807, 2.05) is 0 Å². The minimum Gasteiger partial charge on any atom is -0.454 e. The summed E-state index contributed by atoms with van der Waals surface area (Å²) in [6, 6.07) is 2.81. The molecule has 12 heteroatoms. The van der Waals surface area contributed by atoms with Gasteiger partial charge in [-0.15, -0.1) is 11.3 Å². The Labute approximate surface area is 163 Å². The Morgan fingerprint density at radius 2 is 2.07 bits per heavy atom. The molecule has 0 spiro atoms. The number of esters is 1. The second-order valence-corrected chi connectivity index (χ2v) is 8.71. The van der Waals surface area contributed by atoms with Crippen molar-refractivity contribution in [1.82, 2.24) is 9.29 Å². The number of halogens is 1. The highest BCUT2D eigenvalue weighted by Gasteiger charge is 2.44. The van der Waals surface area contributed by atoms with Crippen LogP contribution in [0.15, 0.2) is 40.7 Å². The van der Waals surface area contributed by atoms with Gasteiger partial charge in [0.15, 0.2) is 11.7 Å². The molecule has 3 rings (SSSR count). The fourth-order valence-electron chi connectivity index (χ4n) is 2.68. The predicted octanol–water partition coefficient (Wildman–Crippen LogP) is 0.588. The second-order valence-electron chi connectivity index (χ2n) is 5.93. The minimum absolute atomic E-state index is 0.173. The Hall–Kier alpha value is -2.41. The van der Waals surface area contributed by atoms with E-state index in [1.165, 1.54) is 17.5 Å². The van der Waals surface area contributed by atoms with Gasteiger partial charge in [0.25, 0.3) is 5.91 Å². The highest BCUT2D eigenvalue weighted by molar-refractivity contribution is 7.89. The number of ether oxygens (including phenoxy) is 1. The number of aliphatic hydroxyl groups excluding tert-OH is 1. The molecule has 9 nitrogen and oxygen atoms in total. The van der Waals surface area contributed by atoms with Gasteiger partial charge in [-0.25, -0.2) is 17.8 Å². The van der Waals surface area contributed by atoms with Gasteiger partial charge in [-0.05, 0) is 24.3 Å². The van der Waals surface area contributed by atoms with Crippen molar-refractivity contribution >= 4 is 38.4 Å². The number of amides is 1. The molecule has 1 aromatic heterocycles. The van der Waals surface area contributed by atoms with E-state index < -0.39 is 46.5 Å². The normalized spacial score (nSPS) is 20.1. The van der Waals surface area contributed by atoms with Gasteiger partial charge in [-0.2, -0.15) is 4.31 Å². The lowest BCUT2D eigenvalue weighted by Crippen LogP contribution is -2.42. The number of nitrogens with one attached hydrogen (secondary N) is 1. The van der Waals surface area contributed by atoms with E-state index in [0.717, 1.165) is 28.6 Å². The Morgan fingerprint density at radius 1 is 1.36 bits per heavy atom. The van der Waals surface area contributed by atoms with Crippen LogP contribution in [-0.4, -0.2) is 60.0 Å². The number of sulfonamides is 1.